The van der Waals surface area contributed by atoms with Gasteiger partial charge >= 0.3 is 0 Å². The third kappa shape index (κ3) is 6.32. The normalized spacial score (nSPS) is 12.8. The average molecular weight is 610 g/mol. The largest absolute Gasteiger partial charge is 0.493 e. The quantitative estimate of drug-likeness (QED) is 0.178. The molecule has 0 fully saturated rings. The maximum absolute atomic E-state index is 15.4. The lowest BCUT2D eigenvalue weighted by Crippen LogP contribution is -2.27. The van der Waals surface area contributed by atoms with Crippen molar-refractivity contribution in [1.29, 1.82) is 0 Å². The van der Waals surface area contributed by atoms with Gasteiger partial charge in [-0.3, -0.25) is 9.78 Å². The van der Waals surface area contributed by atoms with E-state index in [1.165, 1.54) is 37.6 Å². The van der Waals surface area contributed by atoms with Crippen LogP contribution < -0.4 is 19.5 Å². The second-order valence-electron chi connectivity index (χ2n) is 11.2. The molecule has 8 nitrogen and oxygen atoms in total. The molecule has 228 valence electrons. The molecule has 0 saturated heterocycles. The van der Waals surface area contributed by atoms with Gasteiger partial charge in [-0.1, -0.05) is 18.2 Å². The zero-order valence-electron chi connectivity index (χ0n) is 24.7. The molecule has 2 heterocycles. The van der Waals surface area contributed by atoms with E-state index in [1.807, 2.05) is 6.08 Å². The molecule has 45 heavy (non-hydrogen) atoms. The summed E-state index contributed by atoms with van der Waals surface area (Å²) in [5, 5.41) is 13.7. The van der Waals surface area contributed by atoms with Crippen LogP contribution in [-0.2, 0) is 6.42 Å². The molecule has 5 aromatic rings. The van der Waals surface area contributed by atoms with Gasteiger partial charge in [-0.2, -0.15) is 0 Å². The van der Waals surface area contributed by atoms with Gasteiger partial charge in [0.15, 0.2) is 28.8 Å². The first-order valence-corrected chi connectivity index (χ1v) is 14.1. The lowest BCUT2D eigenvalue weighted by Gasteiger charge is -2.20. The lowest BCUT2D eigenvalue weighted by molar-refractivity contribution is 0.0276. The van der Waals surface area contributed by atoms with E-state index in [-0.39, 0.29) is 29.8 Å². The number of hydrogen-bond donors (Lipinski definition) is 2. The van der Waals surface area contributed by atoms with E-state index < -0.39 is 11.4 Å². The van der Waals surface area contributed by atoms with Gasteiger partial charge in [-0.05, 0) is 73.9 Å². The molecule has 6 rings (SSSR count). The van der Waals surface area contributed by atoms with Crippen LogP contribution in [0.3, 0.4) is 0 Å². The average Bonchev–Trinajstić information content (AvgIpc) is 3.01. The molecule has 0 amide bonds. The van der Waals surface area contributed by atoms with Crippen molar-refractivity contribution in [2.75, 3.05) is 19.0 Å². The summed E-state index contributed by atoms with van der Waals surface area (Å²) >= 11 is 0. The Kier molecular flexibility index (Phi) is 7.90. The van der Waals surface area contributed by atoms with Gasteiger partial charge in [0.2, 0.25) is 0 Å². The molecular formula is C35H29F2N3O5. The fourth-order valence-electron chi connectivity index (χ4n) is 5.00. The van der Waals surface area contributed by atoms with E-state index in [1.54, 1.807) is 62.5 Å². The van der Waals surface area contributed by atoms with E-state index in [9.17, 15) is 14.3 Å². The number of pyridine rings is 2. The summed E-state index contributed by atoms with van der Waals surface area (Å²) in [5.41, 5.74) is 2.05. The SMILES string of the molecule is COc1cc2c(Oc3ccc(Nc4nccc5c4C(=O)C(c4ccc(F)cc4)=CC5)cc3F)ccnc2cc1OCC(C)(C)O. The van der Waals surface area contributed by atoms with Gasteiger partial charge in [0.05, 0.1) is 23.8 Å². The first kappa shape index (κ1) is 29.7. The molecule has 10 heteroatoms. The van der Waals surface area contributed by atoms with Gasteiger partial charge in [0.25, 0.3) is 0 Å². The van der Waals surface area contributed by atoms with Gasteiger partial charge in [-0.15, -0.1) is 0 Å². The van der Waals surface area contributed by atoms with Crippen molar-refractivity contribution in [2.24, 2.45) is 0 Å². The van der Waals surface area contributed by atoms with Crippen LogP contribution in [0.1, 0.15) is 35.3 Å². The number of nitrogens with zero attached hydrogens (tertiary/aromatic N) is 2. The number of aliphatic hydroxyl groups is 1. The zero-order chi connectivity index (χ0) is 31.7. The molecule has 0 radical (unpaired) electrons. The number of allylic oxidation sites excluding steroid dienone is 2. The Balaban J connectivity index is 1.24. The highest BCUT2D eigenvalue weighted by atomic mass is 19.1. The predicted octanol–water partition coefficient (Wildman–Crippen LogP) is 7.42. The number of methoxy groups -OCH3 is 1. The highest BCUT2D eigenvalue weighted by molar-refractivity contribution is 6.32. The number of hydrogen-bond acceptors (Lipinski definition) is 8. The Bertz CT molecular complexity index is 1950. The van der Waals surface area contributed by atoms with E-state index in [0.717, 1.165) is 5.56 Å². The Morgan fingerprint density at radius 3 is 2.42 bits per heavy atom. The van der Waals surface area contributed by atoms with E-state index in [2.05, 4.69) is 15.3 Å². The molecular weight excluding hydrogens is 580 g/mol. The van der Waals surface area contributed by atoms with E-state index >= 15 is 4.39 Å². The minimum absolute atomic E-state index is 0.0324. The zero-order valence-corrected chi connectivity index (χ0v) is 24.7. The van der Waals surface area contributed by atoms with Crippen molar-refractivity contribution in [1.82, 2.24) is 9.97 Å². The van der Waals surface area contributed by atoms with Gasteiger partial charge in [-0.25, -0.2) is 13.8 Å². The molecule has 0 aliphatic heterocycles. The second-order valence-corrected chi connectivity index (χ2v) is 11.2. The van der Waals surface area contributed by atoms with Crippen molar-refractivity contribution < 1.29 is 32.9 Å². The molecule has 1 aliphatic carbocycles. The summed E-state index contributed by atoms with van der Waals surface area (Å²) in [7, 11) is 1.49. The fraction of sp³-hybridized carbons (Fsp3) is 0.171. The number of halogens is 2. The second kappa shape index (κ2) is 12.0. The number of nitrogens with one attached hydrogen (secondary N) is 1. The molecule has 0 spiro atoms. The van der Waals surface area contributed by atoms with Crippen LogP contribution in [0.5, 0.6) is 23.0 Å². The monoisotopic (exact) mass is 609 g/mol. The molecule has 0 atom stereocenters. The Morgan fingerprint density at radius 1 is 0.911 bits per heavy atom. The molecule has 3 aromatic carbocycles. The summed E-state index contributed by atoms with van der Waals surface area (Å²) in [6, 6.07) is 16.8. The number of carbonyl (C=O) groups is 1. The van der Waals surface area contributed by atoms with E-state index in [4.69, 9.17) is 14.2 Å². The minimum Gasteiger partial charge on any atom is -0.493 e. The first-order valence-electron chi connectivity index (χ1n) is 14.1. The summed E-state index contributed by atoms with van der Waals surface area (Å²) in [4.78, 5) is 22.3. The van der Waals surface area contributed by atoms with Crippen molar-refractivity contribution in [2.45, 2.75) is 25.9 Å². The third-order valence-electron chi connectivity index (χ3n) is 7.17. The summed E-state index contributed by atoms with van der Waals surface area (Å²) in [5.74, 6) is 0.0989. The number of carbonyl (C=O) groups excluding carboxylic acids is 1. The number of fused-ring (bicyclic) bond motifs is 2. The summed E-state index contributed by atoms with van der Waals surface area (Å²) in [6.45, 7) is 3.30. The van der Waals surface area contributed by atoms with Gasteiger partial charge in [0.1, 0.15) is 24.0 Å². The predicted molar refractivity (Wildman–Crippen MR) is 166 cm³/mol. The van der Waals surface area contributed by atoms with Crippen molar-refractivity contribution in [3.05, 3.63) is 114 Å². The molecule has 0 unspecified atom stereocenters. The maximum atomic E-state index is 15.4. The first-order chi connectivity index (χ1) is 21.6. The van der Waals surface area contributed by atoms with Crippen LogP contribution in [0.2, 0.25) is 0 Å². The van der Waals surface area contributed by atoms with Crippen LogP contribution in [0.25, 0.3) is 16.5 Å². The number of anilines is 2. The van der Waals surface area contributed by atoms with Gasteiger partial charge in [0, 0.05) is 41.2 Å². The number of rotatable bonds is 9. The Morgan fingerprint density at radius 2 is 1.69 bits per heavy atom. The van der Waals surface area contributed by atoms with Gasteiger partial charge < -0.3 is 24.6 Å². The highest BCUT2D eigenvalue weighted by Gasteiger charge is 2.26. The molecule has 0 saturated carbocycles. The number of benzene rings is 3. The number of aromatic nitrogens is 2. The van der Waals surface area contributed by atoms with Crippen LogP contribution in [0.4, 0.5) is 20.3 Å². The highest BCUT2D eigenvalue weighted by Crippen LogP contribution is 2.39. The molecule has 2 N–H and O–H groups in total. The van der Waals surface area contributed by atoms with Crippen molar-refractivity contribution >= 4 is 33.8 Å². The maximum Gasteiger partial charge on any atom is 0.197 e. The van der Waals surface area contributed by atoms with E-state index in [0.29, 0.717) is 57.0 Å². The Hall–Kier alpha value is -5.35. The lowest BCUT2D eigenvalue weighted by atomic mass is 9.87. The minimum atomic E-state index is -1.05. The van der Waals surface area contributed by atoms with Crippen LogP contribution in [0.15, 0.2) is 85.2 Å². The molecule has 2 aromatic heterocycles. The Labute approximate surface area is 257 Å². The molecule has 1 aliphatic rings. The van der Waals surface area contributed by atoms with Crippen LogP contribution in [-0.4, -0.2) is 40.2 Å². The standard InChI is InChI=1S/C35H29F2N3O5/c1-35(2,42)19-44-31-18-27-25(17-30(31)43-3)28(13-15-38-27)45-29-11-9-23(16-26(29)37)40-34-32-21(12-14-39-34)6-10-24(33(32)41)20-4-7-22(36)8-5-20/h4-5,7-18,42H,6,19H2,1-3H3,(H,39,40). The van der Waals surface area contributed by atoms with Crippen LogP contribution in [0, 0.1) is 11.6 Å². The number of ether oxygens (including phenoxy) is 3. The number of Topliss-reactive ketones (excluding diaryl/α,β-unsaturated/α-hetero) is 1. The third-order valence-corrected chi connectivity index (χ3v) is 7.17. The van der Waals surface area contributed by atoms with Crippen LogP contribution >= 0.6 is 0 Å². The van der Waals surface area contributed by atoms with Crippen molar-refractivity contribution in [3.8, 4) is 23.0 Å². The fourth-order valence-corrected chi connectivity index (χ4v) is 5.00. The number of ketones is 1. The van der Waals surface area contributed by atoms with Crippen molar-refractivity contribution in [3.63, 3.8) is 0 Å². The molecule has 0 bridgehead atoms. The summed E-state index contributed by atoms with van der Waals surface area (Å²) in [6.07, 6.45) is 5.43. The topological polar surface area (TPSA) is 103 Å². The smallest absolute Gasteiger partial charge is 0.197 e. The summed E-state index contributed by atoms with van der Waals surface area (Å²) < 4.78 is 46.1.